The molecule has 3 aromatic heterocycles. The number of esters is 1. The molecule has 0 amide bonds. The summed E-state index contributed by atoms with van der Waals surface area (Å²) in [5, 5.41) is 15.5. The summed E-state index contributed by atoms with van der Waals surface area (Å²) in [6, 6.07) is 133. The Morgan fingerprint density at radius 2 is 0.800 bits per heavy atom. The molecule has 500 valence electrons. The third kappa shape index (κ3) is 14.6. The average Bonchev–Trinajstić information content (AvgIpc) is 1.46. The van der Waals surface area contributed by atoms with E-state index in [1.54, 1.807) is 18.2 Å². The fraction of sp³-hybridized carbons (Fsp3) is 0.0319. The molecule has 1 N–H and O–H groups in total. The van der Waals surface area contributed by atoms with Gasteiger partial charge in [-0.05, 0) is 119 Å². The fourth-order valence-electron chi connectivity index (χ4n) is 13.9. The standard InChI is InChI=1S/C33H25NO2.C33H23NO.C22H17NO3.C6H5.K.Li.H/c35-33(25-14-4-1-5-15-25,26-16-6-2-7-17-26)29-21-11-13-23-31(29)36-32-24-34(27-18-8-3-9-19-27)30-22-12-10-20-28(30)32;1-4-14-24(15-5-1)33(25-16-6-2-7-17-25)28-21-11-13-23-30(28)35-31-27-20-10-12-22-29(27)34(32(31)33)26-18-8-3-9-19-26;1-25-22(24)18-12-6-8-14-20(18)26-21-15-23(16-9-3-2-4-10-16)19-13-7-5-11-17(19)21;1-2-4-6-5-3-1;;;/h1-24,35H;1-23H;2-15H,1H3;1-5H;;;/q;;;-1;2*+1;-1. The summed E-state index contributed by atoms with van der Waals surface area (Å²) < 4.78 is 31.0. The molecule has 4 heterocycles. The number of para-hydroxylation sites is 9. The van der Waals surface area contributed by atoms with E-state index in [1.165, 1.54) is 18.2 Å². The summed E-state index contributed by atoms with van der Waals surface area (Å²) in [7, 11) is 1.36. The molecular formula is C94H71KLiN3O6. The summed E-state index contributed by atoms with van der Waals surface area (Å²) >= 11 is 0. The zero-order valence-electron chi connectivity index (χ0n) is 59.4. The van der Waals surface area contributed by atoms with Crippen molar-refractivity contribution in [2.24, 2.45) is 0 Å². The number of hydrogen-bond acceptors (Lipinski definition) is 6. The van der Waals surface area contributed by atoms with E-state index >= 15 is 0 Å². The molecule has 105 heavy (non-hydrogen) atoms. The van der Waals surface area contributed by atoms with Crippen molar-refractivity contribution in [2.75, 3.05) is 7.11 Å². The van der Waals surface area contributed by atoms with Crippen LogP contribution in [0.2, 0.25) is 0 Å². The van der Waals surface area contributed by atoms with Crippen LogP contribution >= 0.6 is 0 Å². The molecule has 18 rings (SSSR count). The van der Waals surface area contributed by atoms with Gasteiger partial charge in [0.1, 0.15) is 28.4 Å². The van der Waals surface area contributed by atoms with Crippen molar-refractivity contribution in [3.05, 3.63) is 451 Å². The zero-order valence-corrected chi connectivity index (χ0v) is 61.6. The van der Waals surface area contributed by atoms with E-state index < -0.39 is 17.0 Å². The van der Waals surface area contributed by atoms with Crippen molar-refractivity contribution < 1.29 is 101 Å². The van der Waals surface area contributed by atoms with E-state index in [4.69, 9.17) is 18.9 Å². The van der Waals surface area contributed by atoms with Crippen LogP contribution in [-0.4, -0.2) is 31.9 Å². The molecule has 0 unspecified atom stereocenters. The fourth-order valence-corrected chi connectivity index (χ4v) is 13.9. The SMILES string of the molecule is COC(=O)c1ccccc1Oc1cn(-c2ccccc2)c2ccccc12.OC(c1ccccc1)(c1ccccc1)c1ccccc1Oc1cn(-c2ccccc2)c2ccccc12.[H-].[K+].[Li+].[c-]1ccccc1.c1ccc(-n2c3c(c4ccccc42)Oc2ccccc2C3(c2ccccc2)c2ccccc2)cc1. The second kappa shape index (κ2) is 33.5. The Bertz CT molecular complexity index is 5590. The summed E-state index contributed by atoms with van der Waals surface area (Å²) in [6.07, 6.45) is 3.95. The summed E-state index contributed by atoms with van der Waals surface area (Å²) in [5.74, 6) is 3.86. The largest absolute Gasteiger partial charge is 1.00 e. The minimum atomic E-state index is -1.39. The molecule has 0 saturated carbocycles. The van der Waals surface area contributed by atoms with Crippen molar-refractivity contribution >= 4 is 38.7 Å². The van der Waals surface area contributed by atoms with Crippen LogP contribution in [0.15, 0.2) is 401 Å². The Balaban J connectivity index is 0.000000143. The first-order chi connectivity index (χ1) is 50.9. The van der Waals surface area contributed by atoms with Gasteiger partial charge in [-0.3, -0.25) is 0 Å². The molecule has 1 aliphatic heterocycles. The van der Waals surface area contributed by atoms with Crippen LogP contribution in [0.4, 0.5) is 0 Å². The van der Waals surface area contributed by atoms with Gasteiger partial charge in [-0.15, -0.1) is 0 Å². The van der Waals surface area contributed by atoms with E-state index in [0.717, 1.165) is 89.4 Å². The first-order valence-electron chi connectivity index (χ1n) is 34.2. The molecule has 0 fully saturated rings. The van der Waals surface area contributed by atoms with Crippen molar-refractivity contribution in [3.8, 4) is 51.6 Å². The Morgan fingerprint density at radius 3 is 1.30 bits per heavy atom. The third-order valence-electron chi connectivity index (χ3n) is 18.5. The molecular weight excluding hydrogens is 1310 g/mol. The predicted octanol–water partition coefficient (Wildman–Crippen LogP) is 16.6. The number of methoxy groups -OCH3 is 1. The van der Waals surface area contributed by atoms with Crippen molar-refractivity contribution in [2.45, 2.75) is 11.0 Å². The summed E-state index contributed by atoms with van der Waals surface area (Å²) in [4.78, 5) is 12.0. The van der Waals surface area contributed by atoms with Crippen LogP contribution in [0.5, 0.6) is 34.5 Å². The van der Waals surface area contributed by atoms with Gasteiger partial charge in [-0.2, -0.15) is 36.4 Å². The second-order valence-electron chi connectivity index (χ2n) is 24.6. The van der Waals surface area contributed by atoms with Gasteiger partial charge < -0.3 is 39.2 Å². The number of ether oxygens (including phenoxy) is 4. The van der Waals surface area contributed by atoms with E-state index in [1.807, 2.05) is 219 Å². The van der Waals surface area contributed by atoms with E-state index in [-0.39, 0.29) is 71.7 Å². The van der Waals surface area contributed by atoms with Gasteiger partial charge in [0.15, 0.2) is 17.2 Å². The number of aliphatic hydroxyl groups is 1. The normalized spacial score (nSPS) is 11.6. The van der Waals surface area contributed by atoms with Gasteiger partial charge in [-0.25, -0.2) is 4.79 Å². The minimum absolute atomic E-state index is 0. The molecule has 0 aliphatic carbocycles. The number of rotatable bonds is 13. The van der Waals surface area contributed by atoms with Crippen LogP contribution in [0.3, 0.4) is 0 Å². The quantitative estimate of drug-likeness (QED) is 0.0535. The topological polar surface area (TPSA) is 89.0 Å². The van der Waals surface area contributed by atoms with Gasteiger partial charge in [-0.1, -0.05) is 261 Å². The van der Waals surface area contributed by atoms with E-state index in [2.05, 4.69) is 184 Å². The molecule has 0 atom stereocenters. The second-order valence-corrected chi connectivity index (χ2v) is 24.6. The van der Waals surface area contributed by atoms with Crippen LogP contribution in [0, 0.1) is 6.07 Å². The Morgan fingerprint density at radius 1 is 0.410 bits per heavy atom. The number of fused-ring (bicyclic) bond motifs is 6. The first-order valence-corrected chi connectivity index (χ1v) is 34.2. The third-order valence-corrected chi connectivity index (χ3v) is 18.5. The van der Waals surface area contributed by atoms with Gasteiger partial charge in [0, 0.05) is 44.3 Å². The van der Waals surface area contributed by atoms with Gasteiger partial charge in [0.2, 0.25) is 0 Å². The molecule has 17 aromatic rings. The molecule has 9 nitrogen and oxygen atoms in total. The monoisotopic (exact) mass is 1380 g/mol. The molecule has 14 aromatic carbocycles. The Kier molecular flexibility index (Phi) is 23.0. The number of aromatic nitrogens is 3. The van der Waals surface area contributed by atoms with Crippen molar-refractivity contribution in [1.29, 1.82) is 0 Å². The minimum Gasteiger partial charge on any atom is -1.00 e. The zero-order chi connectivity index (χ0) is 69.8. The maximum absolute atomic E-state index is 12.4. The molecule has 0 spiro atoms. The maximum atomic E-state index is 12.4. The molecule has 0 saturated heterocycles. The smallest absolute Gasteiger partial charge is 1.00 e. The van der Waals surface area contributed by atoms with Gasteiger partial charge in [0.05, 0.1) is 47.2 Å². The average molecular weight is 1380 g/mol. The Hall–Kier alpha value is -11.2. The predicted molar refractivity (Wildman–Crippen MR) is 414 cm³/mol. The summed E-state index contributed by atoms with van der Waals surface area (Å²) in [5.41, 5.74) is 11.8. The Labute approximate surface area is 667 Å². The maximum Gasteiger partial charge on any atom is 1.00 e. The number of carbonyl (C=O) groups excluding carboxylic acids is 1. The van der Waals surface area contributed by atoms with Gasteiger partial charge in [0.25, 0.3) is 0 Å². The number of hydrogen-bond donors (Lipinski definition) is 1. The van der Waals surface area contributed by atoms with Crippen LogP contribution in [-0.2, 0) is 15.8 Å². The van der Waals surface area contributed by atoms with E-state index in [9.17, 15) is 9.90 Å². The van der Waals surface area contributed by atoms with E-state index in [0.29, 0.717) is 28.4 Å². The molecule has 0 bridgehead atoms. The van der Waals surface area contributed by atoms with Gasteiger partial charge >= 0.3 is 76.2 Å². The number of nitrogens with zero attached hydrogens (tertiary/aromatic N) is 3. The van der Waals surface area contributed by atoms with Crippen LogP contribution in [0.25, 0.3) is 49.8 Å². The van der Waals surface area contributed by atoms with Crippen LogP contribution < -0.4 is 84.5 Å². The van der Waals surface area contributed by atoms with Crippen LogP contribution in [0.1, 0.15) is 50.9 Å². The molecule has 11 heteroatoms. The number of carbonyl (C=O) groups is 1. The number of benzene rings is 14. The molecule has 0 radical (unpaired) electrons. The van der Waals surface area contributed by atoms with Crippen molar-refractivity contribution in [1.82, 2.24) is 13.7 Å². The molecule has 1 aliphatic rings. The first kappa shape index (κ1) is 72.1. The van der Waals surface area contributed by atoms with Crippen molar-refractivity contribution in [3.63, 3.8) is 0 Å². The summed E-state index contributed by atoms with van der Waals surface area (Å²) in [6.45, 7) is 0.